The molecule has 0 aromatic rings. The molecule has 20 heavy (non-hydrogen) atoms. The predicted molar refractivity (Wildman–Crippen MR) is 70.1 cm³/mol. The van der Waals surface area contributed by atoms with Crippen molar-refractivity contribution in [1.82, 2.24) is 10.2 Å². The highest BCUT2D eigenvalue weighted by atomic mass is 16.2. The number of carbonyl (C=O) groups is 3. The third-order valence-electron chi connectivity index (χ3n) is 4.31. The van der Waals surface area contributed by atoms with E-state index in [0.717, 1.165) is 24.2 Å². The Morgan fingerprint density at radius 2 is 2.00 bits per heavy atom. The van der Waals surface area contributed by atoms with E-state index < -0.39 is 17.4 Å². The van der Waals surface area contributed by atoms with Crippen LogP contribution in [0.25, 0.3) is 0 Å². The summed E-state index contributed by atoms with van der Waals surface area (Å²) >= 11 is 0. The van der Waals surface area contributed by atoms with Gasteiger partial charge >= 0.3 is 0 Å². The molecule has 0 spiro atoms. The van der Waals surface area contributed by atoms with E-state index in [2.05, 4.69) is 11.4 Å². The maximum Gasteiger partial charge on any atom is 0.251 e. The van der Waals surface area contributed by atoms with Crippen LogP contribution in [-0.2, 0) is 14.4 Å². The summed E-state index contributed by atoms with van der Waals surface area (Å²) in [5.41, 5.74) is -1.00. The van der Waals surface area contributed by atoms with Crippen molar-refractivity contribution < 1.29 is 14.4 Å². The van der Waals surface area contributed by atoms with Crippen LogP contribution in [0.1, 0.15) is 44.9 Å². The van der Waals surface area contributed by atoms with Gasteiger partial charge in [-0.25, -0.2) is 0 Å². The standard InChI is InChI=1S/C14H19N3O3/c1-17-11(18)6-5-10(12(17)19)16-13(20)14(9-15)7-3-2-4-8-14/h10H,2-8H2,1H3,(H,16,20). The second-order valence-electron chi connectivity index (χ2n) is 5.61. The molecule has 0 aromatic carbocycles. The van der Waals surface area contributed by atoms with E-state index in [1.54, 1.807) is 0 Å². The van der Waals surface area contributed by atoms with Gasteiger partial charge in [-0.1, -0.05) is 19.3 Å². The zero-order valence-electron chi connectivity index (χ0n) is 11.6. The van der Waals surface area contributed by atoms with Gasteiger partial charge in [0.25, 0.3) is 5.91 Å². The number of imide groups is 1. The molecule has 2 rings (SSSR count). The maximum atomic E-state index is 12.4. The summed E-state index contributed by atoms with van der Waals surface area (Å²) in [6.45, 7) is 0. The third-order valence-corrected chi connectivity index (χ3v) is 4.31. The maximum absolute atomic E-state index is 12.4. The first-order chi connectivity index (χ1) is 9.50. The lowest BCUT2D eigenvalue weighted by Gasteiger charge is -2.33. The quantitative estimate of drug-likeness (QED) is 0.753. The molecule has 1 unspecified atom stereocenters. The monoisotopic (exact) mass is 277 g/mol. The average molecular weight is 277 g/mol. The fraction of sp³-hybridized carbons (Fsp3) is 0.714. The van der Waals surface area contributed by atoms with Crippen LogP contribution in [0.15, 0.2) is 0 Å². The van der Waals surface area contributed by atoms with E-state index in [9.17, 15) is 19.6 Å². The number of hydrogen-bond acceptors (Lipinski definition) is 4. The van der Waals surface area contributed by atoms with Crippen LogP contribution in [0, 0.1) is 16.7 Å². The minimum Gasteiger partial charge on any atom is -0.343 e. The highest BCUT2D eigenvalue weighted by Gasteiger charge is 2.42. The zero-order valence-corrected chi connectivity index (χ0v) is 11.6. The Bertz CT molecular complexity index is 475. The molecule has 0 aromatic heterocycles. The van der Waals surface area contributed by atoms with Gasteiger partial charge in [-0.2, -0.15) is 5.26 Å². The van der Waals surface area contributed by atoms with Gasteiger partial charge in [0.2, 0.25) is 11.8 Å². The lowest BCUT2D eigenvalue weighted by atomic mass is 9.74. The lowest BCUT2D eigenvalue weighted by molar-refractivity contribution is -0.150. The van der Waals surface area contributed by atoms with Crippen LogP contribution in [0.5, 0.6) is 0 Å². The van der Waals surface area contributed by atoms with Crippen LogP contribution in [0.2, 0.25) is 0 Å². The molecular formula is C14H19N3O3. The molecule has 108 valence electrons. The van der Waals surface area contributed by atoms with E-state index in [-0.39, 0.29) is 18.2 Å². The second-order valence-corrected chi connectivity index (χ2v) is 5.61. The van der Waals surface area contributed by atoms with Crippen molar-refractivity contribution >= 4 is 17.7 Å². The number of likely N-dealkylation sites (N-methyl/N-ethyl adjacent to an activating group) is 1. The van der Waals surface area contributed by atoms with Crippen molar-refractivity contribution in [3.8, 4) is 6.07 Å². The van der Waals surface area contributed by atoms with Gasteiger partial charge in [0, 0.05) is 13.5 Å². The zero-order chi connectivity index (χ0) is 14.8. The Balaban J connectivity index is 2.06. The Hall–Kier alpha value is -1.90. The molecule has 1 saturated heterocycles. The van der Waals surface area contributed by atoms with Crippen LogP contribution >= 0.6 is 0 Å². The Kier molecular flexibility index (Phi) is 4.07. The molecule has 1 aliphatic carbocycles. The number of carbonyl (C=O) groups excluding carboxylic acids is 3. The second kappa shape index (κ2) is 5.61. The van der Waals surface area contributed by atoms with Gasteiger partial charge in [0.15, 0.2) is 0 Å². The number of hydrogen-bond donors (Lipinski definition) is 1. The number of amides is 3. The minimum atomic E-state index is -1.00. The number of rotatable bonds is 2. The Morgan fingerprint density at radius 1 is 1.35 bits per heavy atom. The molecule has 1 aliphatic heterocycles. The molecular weight excluding hydrogens is 258 g/mol. The summed E-state index contributed by atoms with van der Waals surface area (Å²) in [4.78, 5) is 36.8. The lowest BCUT2D eigenvalue weighted by Crippen LogP contribution is -2.55. The van der Waals surface area contributed by atoms with Crippen molar-refractivity contribution in [3.05, 3.63) is 0 Å². The number of piperidine rings is 1. The number of nitrogens with zero attached hydrogens (tertiary/aromatic N) is 2. The van der Waals surface area contributed by atoms with Crippen molar-refractivity contribution in [2.24, 2.45) is 5.41 Å². The molecule has 1 atom stereocenters. The summed E-state index contributed by atoms with van der Waals surface area (Å²) in [6.07, 6.45) is 4.41. The SMILES string of the molecule is CN1C(=O)CCC(NC(=O)C2(C#N)CCCCC2)C1=O. The van der Waals surface area contributed by atoms with E-state index in [1.165, 1.54) is 7.05 Å². The van der Waals surface area contributed by atoms with Crippen LogP contribution < -0.4 is 5.32 Å². The molecule has 1 saturated carbocycles. The topological polar surface area (TPSA) is 90.3 Å². The molecule has 2 aliphatic rings. The van der Waals surface area contributed by atoms with Gasteiger partial charge in [-0.15, -0.1) is 0 Å². The fourth-order valence-electron chi connectivity index (χ4n) is 2.89. The van der Waals surface area contributed by atoms with Gasteiger partial charge in [-0.3, -0.25) is 19.3 Å². The summed E-state index contributed by atoms with van der Waals surface area (Å²) in [5.74, 6) is -0.979. The van der Waals surface area contributed by atoms with E-state index >= 15 is 0 Å². The third kappa shape index (κ3) is 2.53. The van der Waals surface area contributed by atoms with Crippen molar-refractivity contribution in [2.75, 3.05) is 7.05 Å². The van der Waals surface area contributed by atoms with Gasteiger partial charge in [0.1, 0.15) is 11.5 Å². The summed E-state index contributed by atoms with van der Waals surface area (Å²) in [7, 11) is 1.42. The van der Waals surface area contributed by atoms with Crippen molar-refractivity contribution in [3.63, 3.8) is 0 Å². The smallest absolute Gasteiger partial charge is 0.251 e. The largest absolute Gasteiger partial charge is 0.343 e. The Morgan fingerprint density at radius 3 is 2.60 bits per heavy atom. The van der Waals surface area contributed by atoms with Gasteiger partial charge in [-0.05, 0) is 19.3 Å². The first kappa shape index (κ1) is 14.5. The molecule has 6 nitrogen and oxygen atoms in total. The minimum absolute atomic E-state index is 0.229. The molecule has 1 heterocycles. The number of nitriles is 1. The van der Waals surface area contributed by atoms with E-state index in [1.807, 2.05) is 0 Å². The molecule has 0 bridgehead atoms. The molecule has 0 radical (unpaired) electrons. The first-order valence-corrected chi connectivity index (χ1v) is 7.03. The van der Waals surface area contributed by atoms with Crippen molar-refractivity contribution in [2.45, 2.75) is 51.0 Å². The Labute approximate surface area is 118 Å². The van der Waals surface area contributed by atoms with Crippen molar-refractivity contribution in [1.29, 1.82) is 5.26 Å². The number of likely N-dealkylation sites (tertiary alicyclic amines) is 1. The molecule has 1 N–H and O–H groups in total. The molecule has 6 heteroatoms. The summed E-state index contributed by atoms with van der Waals surface area (Å²) in [6, 6.07) is 1.45. The first-order valence-electron chi connectivity index (χ1n) is 7.03. The summed E-state index contributed by atoms with van der Waals surface area (Å²) in [5, 5.41) is 12.0. The highest BCUT2D eigenvalue weighted by Crippen LogP contribution is 2.36. The van der Waals surface area contributed by atoms with Crippen LogP contribution in [0.3, 0.4) is 0 Å². The van der Waals surface area contributed by atoms with E-state index in [0.29, 0.717) is 19.3 Å². The molecule has 2 fully saturated rings. The molecule has 3 amide bonds. The van der Waals surface area contributed by atoms with Gasteiger partial charge in [0.05, 0.1) is 6.07 Å². The summed E-state index contributed by atoms with van der Waals surface area (Å²) < 4.78 is 0. The number of nitrogens with one attached hydrogen (secondary N) is 1. The normalized spacial score (nSPS) is 26.0. The van der Waals surface area contributed by atoms with Crippen LogP contribution in [-0.4, -0.2) is 35.7 Å². The van der Waals surface area contributed by atoms with Gasteiger partial charge < -0.3 is 5.32 Å². The highest BCUT2D eigenvalue weighted by molar-refractivity contribution is 6.02. The van der Waals surface area contributed by atoms with E-state index in [4.69, 9.17) is 0 Å². The predicted octanol–water partition coefficient (Wildman–Crippen LogP) is 0.724. The average Bonchev–Trinajstić information content (AvgIpc) is 2.48. The fourth-order valence-corrected chi connectivity index (χ4v) is 2.89. The van der Waals surface area contributed by atoms with Crippen LogP contribution in [0.4, 0.5) is 0 Å².